The van der Waals surface area contributed by atoms with E-state index in [2.05, 4.69) is 28.6 Å². The molecule has 0 amide bonds. The van der Waals surface area contributed by atoms with Gasteiger partial charge in [-0.2, -0.15) is 0 Å². The van der Waals surface area contributed by atoms with Gasteiger partial charge in [0.15, 0.2) is 0 Å². The zero-order valence-corrected chi connectivity index (χ0v) is 10.5. The van der Waals surface area contributed by atoms with Gasteiger partial charge in [-0.1, -0.05) is 0 Å². The molecule has 1 saturated heterocycles. The minimum atomic E-state index is 0. The van der Waals surface area contributed by atoms with Gasteiger partial charge in [-0.05, 0) is 30.4 Å². The van der Waals surface area contributed by atoms with E-state index in [0.717, 1.165) is 13.1 Å². The summed E-state index contributed by atoms with van der Waals surface area (Å²) >= 11 is 1.93. The summed E-state index contributed by atoms with van der Waals surface area (Å²) in [6.07, 6.45) is 1.25. The van der Waals surface area contributed by atoms with Crippen LogP contribution in [0, 0.1) is 0 Å². The summed E-state index contributed by atoms with van der Waals surface area (Å²) in [7, 11) is 0. The first-order valence-corrected chi connectivity index (χ1v) is 6.27. The third-order valence-electron chi connectivity index (χ3n) is 3.47. The van der Waals surface area contributed by atoms with Gasteiger partial charge in [0.25, 0.3) is 0 Å². The minimum absolute atomic E-state index is 0. The smallest absolute Gasteiger partial charge is 0.0572 e. The maximum atomic E-state index is 3.53. The Hall–Kier alpha value is -0.0900. The van der Waals surface area contributed by atoms with Crippen LogP contribution >= 0.6 is 23.7 Å². The fraction of sp³-hybridized carbons (Fsp3) is 0.636. The first-order chi connectivity index (χ1) is 6.86. The maximum absolute atomic E-state index is 3.53. The van der Waals surface area contributed by atoms with E-state index in [9.17, 15) is 0 Å². The van der Waals surface area contributed by atoms with Crippen LogP contribution in [0.5, 0.6) is 0 Å². The van der Waals surface area contributed by atoms with Gasteiger partial charge in [-0.15, -0.1) is 23.7 Å². The van der Waals surface area contributed by atoms with Crippen LogP contribution in [0.15, 0.2) is 11.4 Å². The van der Waals surface area contributed by atoms with Crippen molar-refractivity contribution in [3.8, 4) is 0 Å². The molecule has 4 heteroatoms. The van der Waals surface area contributed by atoms with Crippen LogP contribution in [0.3, 0.4) is 0 Å². The zero-order valence-electron chi connectivity index (χ0n) is 8.90. The second-order valence-electron chi connectivity index (χ2n) is 4.32. The number of piperazine rings is 1. The molecule has 0 aromatic carbocycles. The molecule has 15 heavy (non-hydrogen) atoms. The summed E-state index contributed by atoms with van der Waals surface area (Å²) in [5.74, 6) is 0. The summed E-state index contributed by atoms with van der Waals surface area (Å²) in [6.45, 7) is 5.87. The fourth-order valence-corrected chi connectivity index (χ4v) is 3.76. The van der Waals surface area contributed by atoms with Crippen molar-refractivity contribution in [3.05, 3.63) is 21.9 Å². The predicted octanol–water partition coefficient (Wildman–Crippen LogP) is 2.06. The lowest BCUT2D eigenvalue weighted by Crippen LogP contribution is -2.53. The molecular formula is C11H17ClN2S. The average Bonchev–Trinajstić information content (AvgIpc) is 2.66. The number of hydrogen-bond donors (Lipinski definition) is 1. The van der Waals surface area contributed by atoms with Gasteiger partial charge < -0.3 is 5.32 Å². The summed E-state index contributed by atoms with van der Waals surface area (Å²) in [5, 5.41) is 5.77. The van der Waals surface area contributed by atoms with Crippen molar-refractivity contribution in [1.29, 1.82) is 0 Å². The SMILES string of the molecule is CC1CNCC2c3sccc3CCN12.Cl. The average molecular weight is 245 g/mol. The molecule has 0 saturated carbocycles. The third kappa shape index (κ3) is 1.82. The van der Waals surface area contributed by atoms with Crippen molar-refractivity contribution in [3.63, 3.8) is 0 Å². The van der Waals surface area contributed by atoms with Crippen LogP contribution in [0.1, 0.15) is 23.4 Å². The number of nitrogens with one attached hydrogen (secondary N) is 1. The van der Waals surface area contributed by atoms with E-state index in [1.54, 1.807) is 10.4 Å². The highest BCUT2D eigenvalue weighted by Gasteiger charge is 2.33. The van der Waals surface area contributed by atoms with Crippen LogP contribution in [0.4, 0.5) is 0 Å². The van der Waals surface area contributed by atoms with Crippen LogP contribution in [0.2, 0.25) is 0 Å². The molecule has 84 valence electrons. The Morgan fingerprint density at radius 3 is 3.20 bits per heavy atom. The molecule has 0 aliphatic carbocycles. The van der Waals surface area contributed by atoms with E-state index < -0.39 is 0 Å². The summed E-state index contributed by atoms with van der Waals surface area (Å²) < 4.78 is 0. The second kappa shape index (κ2) is 4.42. The monoisotopic (exact) mass is 244 g/mol. The Balaban J connectivity index is 0.000000853. The van der Waals surface area contributed by atoms with Crippen molar-refractivity contribution in [2.24, 2.45) is 0 Å². The summed E-state index contributed by atoms with van der Waals surface area (Å²) in [5.41, 5.74) is 1.59. The lowest BCUT2D eigenvalue weighted by molar-refractivity contribution is 0.100. The number of halogens is 1. The zero-order chi connectivity index (χ0) is 9.54. The van der Waals surface area contributed by atoms with Gasteiger partial charge in [-0.3, -0.25) is 4.90 Å². The van der Waals surface area contributed by atoms with Crippen LogP contribution in [-0.4, -0.2) is 30.6 Å². The first kappa shape index (κ1) is 11.4. The van der Waals surface area contributed by atoms with E-state index in [4.69, 9.17) is 0 Å². The molecule has 0 spiro atoms. The molecule has 2 aliphatic rings. The summed E-state index contributed by atoms with van der Waals surface area (Å²) in [4.78, 5) is 4.27. The first-order valence-electron chi connectivity index (χ1n) is 5.39. The van der Waals surface area contributed by atoms with E-state index >= 15 is 0 Å². The third-order valence-corrected chi connectivity index (χ3v) is 4.53. The maximum Gasteiger partial charge on any atom is 0.0572 e. The van der Waals surface area contributed by atoms with E-state index in [0.29, 0.717) is 12.1 Å². The standard InChI is InChI=1S/C11H16N2S.ClH/c1-8-6-12-7-10-11-9(3-5-14-11)2-4-13(8)10;/h3,5,8,10,12H,2,4,6-7H2,1H3;1H. The number of nitrogens with zero attached hydrogens (tertiary/aromatic N) is 1. The number of hydrogen-bond acceptors (Lipinski definition) is 3. The molecule has 1 aromatic heterocycles. The lowest BCUT2D eigenvalue weighted by Gasteiger charge is -2.43. The molecular weight excluding hydrogens is 228 g/mol. The molecule has 3 heterocycles. The minimum Gasteiger partial charge on any atom is -0.313 e. The van der Waals surface area contributed by atoms with Crippen LogP contribution < -0.4 is 5.32 Å². The van der Waals surface area contributed by atoms with Crippen molar-refractivity contribution in [2.45, 2.75) is 25.4 Å². The highest BCUT2D eigenvalue weighted by atomic mass is 35.5. The largest absolute Gasteiger partial charge is 0.313 e. The normalized spacial score (nSPS) is 30.2. The molecule has 1 fully saturated rings. The Morgan fingerprint density at radius 2 is 2.33 bits per heavy atom. The molecule has 2 aliphatic heterocycles. The highest BCUT2D eigenvalue weighted by Crippen LogP contribution is 2.35. The molecule has 2 nitrogen and oxygen atoms in total. The highest BCUT2D eigenvalue weighted by molar-refractivity contribution is 7.10. The Bertz CT molecular complexity index is 339. The van der Waals surface area contributed by atoms with Crippen LogP contribution in [-0.2, 0) is 6.42 Å². The van der Waals surface area contributed by atoms with Gasteiger partial charge in [0.05, 0.1) is 6.04 Å². The van der Waals surface area contributed by atoms with Crippen LogP contribution in [0.25, 0.3) is 0 Å². The lowest BCUT2D eigenvalue weighted by atomic mass is 9.97. The topological polar surface area (TPSA) is 15.3 Å². The van der Waals surface area contributed by atoms with Gasteiger partial charge in [0, 0.05) is 30.6 Å². The van der Waals surface area contributed by atoms with Gasteiger partial charge >= 0.3 is 0 Å². The molecule has 1 aromatic rings. The fourth-order valence-electron chi connectivity index (χ4n) is 2.69. The van der Waals surface area contributed by atoms with E-state index in [1.165, 1.54) is 13.0 Å². The number of thiophene rings is 1. The quantitative estimate of drug-likeness (QED) is 0.752. The Labute approximate surface area is 101 Å². The Kier molecular flexibility index (Phi) is 3.36. The molecule has 1 N–H and O–H groups in total. The van der Waals surface area contributed by atoms with E-state index in [1.807, 2.05) is 11.3 Å². The molecule has 3 rings (SSSR count). The van der Waals surface area contributed by atoms with Gasteiger partial charge in [0.1, 0.15) is 0 Å². The number of rotatable bonds is 0. The van der Waals surface area contributed by atoms with Crippen molar-refractivity contribution in [2.75, 3.05) is 19.6 Å². The molecule has 0 bridgehead atoms. The van der Waals surface area contributed by atoms with Gasteiger partial charge in [0.2, 0.25) is 0 Å². The summed E-state index contributed by atoms with van der Waals surface area (Å²) in [6, 6.07) is 3.66. The van der Waals surface area contributed by atoms with Gasteiger partial charge in [-0.25, -0.2) is 0 Å². The molecule has 2 atom stereocenters. The predicted molar refractivity (Wildman–Crippen MR) is 67.0 cm³/mol. The molecule has 2 unspecified atom stereocenters. The Morgan fingerprint density at radius 1 is 1.47 bits per heavy atom. The van der Waals surface area contributed by atoms with Crippen molar-refractivity contribution < 1.29 is 0 Å². The van der Waals surface area contributed by atoms with Crippen molar-refractivity contribution >= 4 is 23.7 Å². The number of fused-ring (bicyclic) bond motifs is 3. The van der Waals surface area contributed by atoms with Crippen molar-refractivity contribution in [1.82, 2.24) is 10.2 Å². The molecule has 0 radical (unpaired) electrons. The van der Waals surface area contributed by atoms with E-state index in [-0.39, 0.29) is 12.4 Å². The second-order valence-corrected chi connectivity index (χ2v) is 5.27.